The summed E-state index contributed by atoms with van der Waals surface area (Å²) in [5.74, 6) is 0.0479. The van der Waals surface area contributed by atoms with Gasteiger partial charge in [0.15, 0.2) is 0 Å². The van der Waals surface area contributed by atoms with Crippen molar-refractivity contribution in [3.8, 4) is 0 Å². The van der Waals surface area contributed by atoms with Crippen molar-refractivity contribution in [1.29, 1.82) is 0 Å². The summed E-state index contributed by atoms with van der Waals surface area (Å²) in [4.78, 5) is 24.9. The fourth-order valence-electron chi connectivity index (χ4n) is 2.24. The second kappa shape index (κ2) is 6.79. The predicted molar refractivity (Wildman–Crippen MR) is 88.3 cm³/mol. The maximum atomic E-state index is 12.5. The van der Waals surface area contributed by atoms with Crippen LogP contribution in [0.15, 0.2) is 6.07 Å². The van der Waals surface area contributed by atoms with Crippen LogP contribution in [0, 0.1) is 12.8 Å². The van der Waals surface area contributed by atoms with Gasteiger partial charge < -0.3 is 15.7 Å². The number of hydrogen-bond acceptors (Lipinski definition) is 4. The number of aryl methyl sites for hydroxylation is 1. The van der Waals surface area contributed by atoms with Crippen LogP contribution in [-0.4, -0.2) is 29.1 Å². The van der Waals surface area contributed by atoms with Crippen LogP contribution in [0.1, 0.15) is 54.8 Å². The molecule has 1 saturated carbocycles. The Hall–Kier alpha value is -1.40. The molecule has 2 amide bonds. The molecule has 5 nitrogen and oxygen atoms in total. The molecule has 6 heteroatoms. The number of nitrogens with one attached hydrogen (secondary N) is 2. The van der Waals surface area contributed by atoms with Gasteiger partial charge in [0.25, 0.3) is 5.91 Å². The number of amides is 2. The third-order valence-electron chi connectivity index (χ3n) is 4.18. The average Bonchev–Trinajstić information content (AvgIpc) is 3.23. The third kappa shape index (κ3) is 4.08. The van der Waals surface area contributed by atoms with Crippen molar-refractivity contribution < 1.29 is 14.7 Å². The van der Waals surface area contributed by atoms with Crippen LogP contribution in [-0.2, 0) is 4.79 Å². The first-order chi connectivity index (χ1) is 10.4. The predicted octanol–water partition coefficient (Wildman–Crippen LogP) is 2.69. The molecule has 1 fully saturated rings. The topological polar surface area (TPSA) is 78.4 Å². The first-order valence-corrected chi connectivity index (χ1v) is 8.55. The van der Waals surface area contributed by atoms with Gasteiger partial charge in [-0.25, -0.2) is 0 Å². The molecule has 1 aromatic rings. The van der Waals surface area contributed by atoms with Crippen molar-refractivity contribution >= 4 is 28.2 Å². The van der Waals surface area contributed by atoms with Crippen molar-refractivity contribution in [2.45, 2.75) is 52.0 Å². The van der Waals surface area contributed by atoms with E-state index in [2.05, 4.69) is 10.6 Å². The van der Waals surface area contributed by atoms with Gasteiger partial charge in [0.1, 0.15) is 0 Å². The van der Waals surface area contributed by atoms with Gasteiger partial charge in [-0.1, -0.05) is 6.92 Å². The van der Waals surface area contributed by atoms with Gasteiger partial charge in [0, 0.05) is 18.1 Å². The van der Waals surface area contributed by atoms with E-state index in [4.69, 9.17) is 5.11 Å². The Morgan fingerprint density at radius 3 is 2.68 bits per heavy atom. The largest absolute Gasteiger partial charge is 0.396 e. The lowest BCUT2D eigenvalue weighted by atomic mass is 9.95. The number of thiophene rings is 1. The molecule has 0 spiro atoms. The fourth-order valence-corrected chi connectivity index (χ4v) is 3.21. The lowest BCUT2D eigenvalue weighted by Crippen LogP contribution is -2.46. The zero-order chi connectivity index (χ0) is 16.3. The van der Waals surface area contributed by atoms with E-state index in [-0.39, 0.29) is 24.3 Å². The van der Waals surface area contributed by atoms with Gasteiger partial charge in [-0.05, 0) is 51.2 Å². The average molecular weight is 324 g/mol. The molecule has 1 heterocycles. The van der Waals surface area contributed by atoms with E-state index in [9.17, 15) is 9.59 Å². The normalized spacial score (nSPS) is 16.9. The Bertz CT molecular complexity index is 566. The summed E-state index contributed by atoms with van der Waals surface area (Å²) < 4.78 is 0. The van der Waals surface area contributed by atoms with Crippen LogP contribution in [0.5, 0.6) is 0 Å². The molecular formula is C16H24N2O3S. The molecule has 0 saturated heterocycles. The zero-order valence-corrected chi connectivity index (χ0v) is 14.2. The van der Waals surface area contributed by atoms with E-state index in [1.165, 1.54) is 11.3 Å². The lowest BCUT2D eigenvalue weighted by molar-refractivity contribution is -0.117. The monoisotopic (exact) mass is 324 g/mol. The smallest absolute Gasteiger partial charge is 0.262 e. The van der Waals surface area contributed by atoms with E-state index in [1.54, 1.807) is 0 Å². The van der Waals surface area contributed by atoms with Crippen LogP contribution < -0.4 is 10.6 Å². The van der Waals surface area contributed by atoms with E-state index < -0.39 is 5.54 Å². The van der Waals surface area contributed by atoms with E-state index >= 15 is 0 Å². The van der Waals surface area contributed by atoms with Crippen molar-refractivity contribution in [1.82, 2.24) is 5.32 Å². The summed E-state index contributed by atoms with van der Waals surface area (Å²) in [6.07, 6.45) is 3.18. The van der Waals surface area contributed by atoms with Crippen molar-refractivity contribution in [2.24, 2.45) is 5.92 Å². The van der Waals surface area contributed by atoms with Crippen LogP contribution in [0.2, 0.25) is 0 Å². The number of aliphatic hydroxyl groups is 1. The lowest BCUT2D eigenvalue weighted by Gasteiger charge is -2.28. The molecule has 1 aliphatic rings. The Labute approximate surface area is 135 Å². The third-order valence-corrected chi connectivity index (χ3v) is 5.33. The first kappa shape index (κ1) is 17.0. The summed E-state index contributed by atoms with van der Waals surface area (Å²) in [7, 11) is 0. The number of carbonyl (C=O) groups excluding carboxylic acids is 2. The molecule has 0 bridgehead atoms. The zero-order valence-electron chi connectivity index (χ0n) is 13.4. The number of carbonyl (C=O) groups is 2. The molecular weight excluding hydrogens is 300 g/mol. The number of anilines is 1. The molecule has 0 radical (unpaired) electrons. The van der Waals surface area contributed by atoms with E-state index in [0.29, 0.717) is 11.3 Å². The summed E-state index contributed by atoms with van der Waals surface area (Å²) >= 11 is 1.30. The van der Waals surface area contributed by atoms with Gasteiger partial charge in [-0.3, -0.25) is 9.59 Å². The minimum Gasteiger partial charge on any atom is -0.396 e. The number of hydrogen-bond donors (Lipinski definition) is 3. The Balaban J connectivity index is 2.06. The summed E-state index contributed by atoms with van der Waals surface area (Å²) in [6, 6.07) is 1.84. The minimum atomic E-state index is -0.417. The van der Waals surface area contributed by atoms with Crippen LogP contribution >= 0.6 is 11.3 Å². The van der Waals surface area contributed by atoms with E-state index in [1.807, 2.05) is 26.8 Å². The highest BCUT2D eigenvalue weighted by Crippen LogP contribution is 2.33. The van der Waals surface area contributed by atoms with Gasteiger partial charge in [-0.2, -0.15) is 0 Å². The number of aliphatic hydroxyl groups excluding tert-OH is 1. The SMILES string of the molecule is CCC(C)(CCO)NC(=O)c1sc(NC(=O)C2CC2)cc1C. The molecule has 0 aromatic carbocycles. The van der Waals surface area contributed by atoms with Crippen molar-refractivity contribution in [2.75, 3.05) is 11.9 Å². The van der Waals surface area contributed by atoms with E-state index in [0.717, 1.165) is 29.8 Å². The molecule has 22 heavy (non-hydrogen) atoms. The molecule has 1 aromatic heterocycles. The fraction of sp³-hybridized carbons (Fsp3) is 0.625. The molecule has 2 rings (SSSR count). The highest BCUT2D eigenvalue weighted by Gasteiger charge is 2.30. The maximum absolute atomic E-state index is 12.5. The Morgan fingerprint density at radius 1 is 1.45 bits per heavy atom. The van der Waals surface area contributed by atoms with Gasteiger partial charge in [0.05, 0.1) is 9.88 Å². The molecule has 1 aliphatic carbocycles. The maximum Gasteiger partial charge on any atom is 0.262 e. The number of rotatable bonds is 7. The standard InChI is InChI=1S/C16H24N2O3S/c1-4-16(3,7-8-19)18-15(21)13-10(2)9-12(22-13)17-14(20)11-5-6-11/h9,11,19H,4-8H2,1-3H3,(H,17,20)(H,18,21). The highest BCUT2D eigenvalue weighted by atomic mass is 32.1. The Kier molecular flexibility index (Phi) is 5.24. The molecule has 1 atom stereocenters. The Morgan fingerprint density at radius 2 is 2.14 bits per heavy atom. The molecule has 0 aliphatic heterocycles. The minimum absolute atomic E-state index is 0.0384. The first-order valence-electron chi connectivity index (χ1n) is 7.73. The van der Waals surface area contributed by atoms with Gasteiger partial charge >= 0.3 is 0 Å². The summed E-state index contributed by atoms with van der Waals surface area (Å²) in [5, 5.41) is 15.7. The van der Waals surface area contributed by atoms with Crippen molar-refractivity contribution in [3.63, 3.8) is 0 Å². The summed E-state index contributed by atoms with van der Waals surface area (Å²) in [5.41, 5.74) is 0.440. The molecule has 122 valence electrons. The highest BCUT2D eigenvalue weighted by molar-refractivity contribution is 7.18. The van der Waals surface area contributed by atoms with Crippen LogP contribution in [0.4, 0.5) is 5.00 Å². The molecule has 3 N–H and O–H groups in total. The second-order valence-electron chi connectivity index (χ2n) is 6.23. The molecule has 1 unspecified atom stereocenters. The van der Waals surface area contributed by atoms with Crippen LogP contribution in [0.25, 0.3) is 0 Å². The van der Waals surface area contributed by atoms with Crippen molar-refractivity contribution in [3.05, 3.63) is 16.5 Å². The second-order valence-corrected chi connectivity index (χ2v) is 7.28. The van der Waals surface area contributed by atoms with Gasteiger partial charge in [0.2, 0.25) is 5.91 Å². The summed E-state index contributed by atoms with van der Waals surface area (Å²) in [6.45, 7) is 5.82. The van der Waals surface area contributed by atoms with Crippen LogP contribution in [0.3, 0.4) is 0 Å². The quantitative estimate of drug-likeness (QED) is 0.721. The van der Waals surface area contributed by atoms with Gasteiger partial charge in [-0.15, -0.1) is 11.3 Å².